The van der Waals surface area contributed by atoms with E-state index in [0.29, 0.717) is 6.42 Å². The molecular weight excluding hydrogens is 380 g/mol. The molecule has 0 amide bonds. The lowest BCUT2D eigenvalue weighted by Crippen LogP contribution is -2.44. The fraction of sp³-hybridized carbons (Fsp3) is 0.368. The third-order valence-electron chi connectivity index (χ3n) is 4.85. The van der Waals surface area contributed by atoms with Crippen LogP contribution in [0.25, 0.3) is 0 Å². The number of anilines is 1. The van der Waals surface area contributed by atoms with E-state index in [1.165, 1.54) is 23.9 Å². The Morgan fingerprint density at radius 3 is 2.39 bits per heavy atom. The smallest absolute Gasteiger partial charge is 0.270 e. The Labute approximate surface area is 165 Å². The predicted octanol–water partition coefficient (Wildman–Crippen LogP) is 1.87. The number of nitro groups is 1. The molecular formula is C19H24N4O4S. The van der Waals surface area contributed by atoms with Crippen molar-refractivity contribution in [2.75, 3.05) is 44.7 Å². The second-order valence-electron chi connectivity index (χ2n) is 6.86. The second-order valence-corrected chi connectivity index (χ2v) is 8.63. The summed E-state index contributed by atoms with van der Waals surface area (Å²) in [6.07, 6.45) is 0.539. The summed E-state index contributed by atoms with van der Waals surface area (Å²) in [5.74, 6) is 0. The summed E-state index contributed by atoms with van der Waals surface area (Å²) in [5, 5.41) is 10.8. The minimum Gasteiger partial charge on any atom is -0.369 e. The van der Waals surface area contributed by atoms with Crippen molar-refractivity contribution in [1.29, 1.82) is 0 Å². The third-order valence-corrected chi connectivity index (χ3v) is 6.31. The highest BCUT2D eigenvalue weighted by Crippen LogP contribution is 2.18. The summed E-state index contributed by atoms with van der Waals surface area (Å²) in [6.45, 7) is 4.30. The van der Waals surface area contributed by atoms with Gasteiger partial charge in [0.2, 0.25) is 10.0 Å². The standard InChI is InChI=1S/C19H24N4O4S/c1-21-11-13-22(14-12-21)17-7-5-16(6-8-17)9-10-20-28(26,27)19-4-2-3-18(15-19)23(24)25/h2-8,15,20H,9-14H2,1H3. The quantitative estimate of drug-likeness (QED) is 0.559. The Balaban J connectivity index is 1.55. The zero-order valence-electron chi connectivity index (χ0n) is 15.7. The molecule has 0 unspecified atom stereocenters. The Hall–Kier alpha value is -2.49. The predicted molar refractivity (Wildman–Crippen MR) is 108 cm³/mol. The molecule has 0 aromatic heterocycles. The van der Waals surface area contributed by atoms with Crippen LogP contribution in [0.2, 0.25) is 0 Å². The zero-order chi connectivity index (χ0) is 20.1. The van der Waals surface area contributed by atoms with Gasteiger partial charge in [-0.3, -0.25) is 10.1 Å². The van der Waals surface area contributed by atoms with Crippen LogP contribution in [0.1, 0.15) is 5.56 Å². The molecule has 1 aliphatic heterocycles. The van der Waals surface area contributed by atoms with Gasteiger partial charge >= 0.3 is 0 Å². The van der Waals surface area contributed by atoms with Crippen LogP contribution in [0, 0.1) is 10.1 Å². The van der Waals surface area contributed by atoms with E-state index < -0.39 is 14.9 Å². The summed E-state index contributed by atoms with van der Waals surface area (Å²) in [7, 11) is -1.66. The highest BCUT2D eigenvalue weighted by molar-refractivity contribution is 7.89. The summed E-state index contributed by atoms with van der Waals surface area (Å²) >= 11 is 0. The Bertz CT molecular complexity index is 923. The number of sulfonamides is 1. The molecule has 1 N–H and O–H groups in total. The van der Waals surface area contributed by atoms with Gasteiger partial charge in [0, 0.05) is 50.5 Å². The highest BCUT2D eigenvalue weighted by Gasteiger charge is 2.17. The number of nitro benzene ring substituents is 1. The molecule has 9 heteroatoms. The van der Waals surface area contributed by atoms with Crippen molar-refractivity contribution in [2.45, 2.75) is 11.3 Å². The first-order valence-corrected chi connectivity index (χ1v) is 10.6. The molecule has 0 radical (unpaired) electrons. The minimum absolute atomic E-state index is 0.105. The molecule has 2 aromatic rings. The van der Waals surface area contributed by atoms with Crippen molar-refractivity contribution in [3.63, 3.8) is 0 Å². The van der Waals surface area contributed by atoms with Gasteiger partial charge in [0.15, 0.2) is 0 Å². The fourth-order valence-electron chi connectivity index (χ4n) is 3.12. The minimum atomic E-state index is -3.78. The first-order valence-electron chi connectivity index (χ1n) is 9.12. The van der Waals surface area contributed by atoms with E-state index in [1.54, 1.807) is 0 Å². The lowest BCUT2D eigenvalue weighted by atomic mass is 10.1. The number of rotatable bonds is 7. The van der Waals surface area contributed by atoms with E-state index >= 15 is 0 Å². The van der Waals surface area contributed by atoms with Crippen LogP contribution in [-0.4, -0.2) is 58.0 Å². The van der Waals surface area contributed by atoms with Crippen LogP contribution in [0.5, 0.6) is 0 Å². The number of non-ortho nitro benzene ring substituents is 1. The molecule has 3 rings (SSSR count). The summed E-state index contributed by atoms with van der Waals surface area (Å²) in [5.41, 5.74) is 1.95. The maximum Gasteiger partial charge on any atom is 0.270 e. The lowest BCUT2D eigenvalue weighted by molar-refractivity contribution is -0.385. The van der Waals surface area contributed by atoms with Gasteiger partial charge in [0.05, 0.1) is 9.82 Å². The third kappa shape index (κ3) is 5.06. The average molecular weight is 404 g/mol. The molecule has 0 aliphatic carbocycles. The van der Waals surface area contributed by atoms with Gasteiger partial charge in [-0.05, 0) is 37.2 Å². The van der Waals surface area contributed by atoms with Gasteiger partial charge < -0.3 is 9.80 Å². The van der Waals surface area contributed by atoms with E-state index in [2.05, 4.69) is 33.7 Å². The summed E-state index contributed by atoms with van der Waals surface area (Å²) < 4.78 is 27.2. The molecule has 0 bridgehead atoms. The van der Waals surface area contributed by atoms with Crippen LogP contribution >= 0.6 is 0 Å². The fourth-order valence-corrected chi connectivity index (χ4v) is 4.19. The summed E-state index contributed by atoms with van der Waals surface area (Å²) in [6, 6.07) is 13.2. The van der Waals surface area contributed by atoms with Gasteiger partial charge in [-0.15, -0.1) is 0 Å². The number of likely N-dealkylation sites (N-methyl/N-ethyl adjacent to an activating group) is 1. The molecule has 0 spiro atoms. The topological polar surface area (TPSA) is 95.8 Å². The second kappa shape index (κ2) is 8.68. The molecule has 28 heavy (non-hydrogen) atoms. The van der Waals surface area contributed by atoms with Crippen LogP contribution in [0.15, 0.2) is 53.4 Å². The summed E-state index contributed by atoms with van der Waals surface area (Å²) in [4.78, 5) is 14.8. The number of piperazine rings is 1. The lowest BCUT2D eigenvalue weighted by Gasteiger charge is -2.34. The van der Waals surface area contributed by atoms with Gasteiger partial charge in [-0.25, -0.2) is 13.1 Å². The van der Waals surface area contributed by atoms with Crippen LogP contribution in [0.3, 0.4) is 0 Å². The molecule has 1 saturated heterocycles. The molecule has 1 heterocycles. The van der Waals surface area contributed by atoms with E-state index in [4.69, 9.17) is 0 Å². The molecule has 0 saturated carbocycles. The van der Waals surface area contributed by atoms with Gasteiger partial charge in [-0.2, -0.15) is 0 Å². The zero-order valence-corrected chi connectivity index (χ0v) is 16.6. The average Bonchev–Trinajstić information content (AvgIpc) is 2.69. The Kier molecular flexibility index (Phi) is 6.28. The monoisotopic (exact) mass is 404 g/mol. The van der Waals surface area contributed by atoms with E-state index in [1.807, 2.05) is 12.1 Å². The number of hydrogen-bond acceptors (Lipinski definition) is 6. The molecule has 2 aromatic carbocycles. The largest absolute Gasteiger partial charge is 0.369 e. The van der Waals surface area contributed by atoms with E-state index in [0.717, 1.165) is 37.8 Å². The van der Waals surface area contributed by atoms with Crippen molar-refractivity contribution < 1.29 is 13.3 Å². The number of hydrogen-bond donors (Lipinski definition) is 1. The van der Waals surface area contributed by atoms with Crippen molar-refractivity contribution in [3.8, 4) is 0 Å². The molecule has 8 nitrogen and oxygen atoms in total. The first kappa shape index (κ1) is 20.2. The van der Waals surface area contributed by atoms with Crippen LogP contribution in [0.4, 0.5) is 11.4 Å². The van der Waals surface area contributed by atoms with Crippen molar-refractivity contribution in [3.05, 3.63) is 64.2 Å². The van der Waals surface area contributed by atoms with Crippen molar-refractivity contribution in [1.82, 2.24) is 9.62 Å². The van der Waals surface area contributed by atoms with Crippen molar-refractivity contribution in [2.24, 2.45) is 0 Å². The van der Waals surface area contributed by atoms with E-state index in [9.17, 15) is 18.5 Å². The van der Waals surface area contributed by atoms with Gasteiger partial charge in [0.25, 0.3) is 5.69 Å². The Morgan fingerprint density at radius 2 is 1.75 bits per heavy atom. The first-order chi connectivity index (χ1) is 13.3. The number of benzene rings is 2. The molecule has 1 aliphatic rings. The van der Waals surface area contributed by atoms with Gasteiger partial charge in [0.1, 0.15) is 0 Å². The SMILES string of the molecule is CN1CCN(c2ccc(CCNS(=O)(=O)c3cccc([N+](=O)[O-])c3)cc2)CC1. The number of nitrogens with zero attached hydrogens (tertiary/aromatic N) is 3. The van der Waals surface area contributed by atoms with Crippen LogP contribution < -0.4 is 9.62 Å². The number of nitrogens with one attached hydrogen (secondary N) is 1. The van der Waals surface area contributed by atoms with Crippen LogP contribution in [-0.2, 0) is 16.4 Å². The molecule has 0 atom stereocenters. The van der Waals surface area contributed by atoms with E-state index in [-0.39, 0.29) is 17.1 Å². The maximum atomic E-state index is 12.3. The normalized spacial score (nSPS) is 15.5. The van der Waals surface area contributed by atoms with Gasteiger partial charge in [-0.1, -0.05) is 18.2 Å². The molecule has 1 fully saturated rings. The maximum absolute atomic E-state index is 12.3. The van der Waals surface area contributed by atoms with Crippen molar-refractivity contribution >= 4 is 21.4 Å². The Morgan fingerprint density at radius 1 is 1.07 bits per heavy atom. The molecule has 150 valence electrons. The highest BCUT2D eigenvalue weighted by atomic mass is 32.2.